The predicted molar refractivity (Wildman–Crippen MR) is 84.4 cm³/mol. The zero-order valence-electron chi connectivity index (χ0n) is 13.4. The second-order valence-corrected chi connectivity index (χ2v) is 5.94. The Hall–Kier alpha value is -0.580. The second-order valence-electron chi connectivity index (χ2n) is 5.57. The van der Waals surface area contributed by atoms with E-state index in [1.54, 1.807) is 7.11 Å². The van der Waals surface area contributed by atoms with Crippen molar-refractivity contribution in [3.63, 3.8) is 0 Å². The van der Waals surface area contributed by atoms with Gasteiger partial charge in [-0.3, -0.25) is 4.68 Å². The predicted octanol–water partition coefficient (Wildman–Crippen LogP) is 2.92. The van der Waals surface area contributed by atoms with E-state index in [1.807, 2.05) is 11.6 Å². The van der Waals surface area contributed by atoms with Crippen molar-refractivity contribution >= 4 is 11.6 Å². The highest BCUT2D eigenvalue weighted by molar-refractivity contribution is 6.31. The molecule has 0 aliphatic carbocycles. The van der Waals surface area contributed by atoms with Gasteiger partial charge in [0.2, 0.25) is 0 Å². The van der Waals surface area contributed by atoms with Crippen LogP contribution in [-0.2, 0) is 17.7 Å². The number of methoxy groups -OCH3 is 1. The van der Waals surface area contributed by atoms with Gasteiger partial charge in [-0.1, -0.05) is 25.4 Å². The van der Waals surface area contributed by atoms with E-state index in [-0.39, 0.29) is 0 Å². The summed E-state index contributed by atoms with van der Waals surface area (Å²) in [6.07, 6.45) is 0.963. The number of aryl methyl sites for hydroxylation is 2. The van der Waals surface area contributed by atoms with Gasteiger partial charge in [0.25, 0.3) is 0 Å². The Bertz CT molecular complexity index is 404. The number of hydrogen-bond acceptors (Lipinski definition) is 3. The number of nitrogens with zero attached hydrogens (tertiary/aromatic N) is 2. The molecule has 1 aromatic heterocycles. The first-order valence-corrected chi connectivity index (χ1v) is 7.80. The smallest absolute Gasteiger partial charge is 0.0847 e. The zero-order chi connectivity index (χ0) is 15.1. The largest absolute Gasteiger partial charge is 0.383 e. The van der Waals surface area contributed by atoms with Crippen molar-refractivity contribution < 1.29 is 4.74 Å². The Morgan fingerprint density at radius 3 is 2.65 bits per heavy atom. The summed E-state index contributed by atoms with van der Waals surface area (Å²) in [4.78, 5) is 0. The van der Waals surface area contributed by atoms with Crippen molar-refractivity contribution in [3.8, 4) is 0 Å². The SMILES string of the molecule is CCn1nc(C)c(Cl)c1CC(CNCCOC)C(C)C. The lowest BCUT2D eigenvalue weighted by Crippen LogP contribution is -2.30. The summed E-state index contributed by atoms with van der Waals surface area (Å²) in [5.74, 6) is 1.15. The van der Waals surface area contributed by atoms with Gasteiger partial charge in [0.15, 0.2) is 0 Å². The molecule has 0 fully saturated rings. The molecule has 116 valence electrons. The van der Waals surface area contributed by atoms with Gasteiger partial charge in [0.1, 0.15) is 0 Å². The van der Waals surface area contributed by atoms with Crippen molar-refractivity contribution in [3.05, 3.63) is 16.4 Å². The molecular formula is C15H28ClN3O. The summed E-state index contributed by atoms with van der Waals surface area (Å²) in [6.45, 7) is 12.1. The maximum absolute atomic E-state index is 6.40. The fourth-order valence-electron chi connectivity index (χ4n) is 2.32. The summed E-state index contributed by atoms with van der Waals surface area (Å²) in [6, 6.07) is 0. The van der Waals surface area contributed by atoms with Crippen LogP contribution in [0, 0.1) is 18.8 Å². The van der Waals surface area contributed by atoms with Gasteiger partial charge in [0.05, 0.1) is 23.0 Å². The number of hydrogen-bond donors (Lipinski definition) is 1. The molecule has 0 aliphatic heterocycles. The number of halogens is 1. The Kier molecular flexibility index (Phi) is 7.56. The number of ether oxygens (including phenoxy) is 1. The standard InChI is InChI=1S/C15H28ClN3O/c1-6-19-14(15(16)12(4)18-19)9-13(11(2)3)10-17-7-8-20-5/h11,13,17H,6-10H2,1-5H3. The maximum atomic E-state index is 6.40. The Morgan fingerprint density at radius 2 is 2.10 bits per heavy atom. The first-order chi connectivity index (χ1) is 9.51. The number of aromatic nitrogens is 2. The molecular weight excluding hydrogens is 274 g/mol. The summed E-state index contributed by atoms with van der Waals surface area (Å²) in [7, 11) is 1.73. The van der Waals surface area contributed by atoms with Crippen molar-refractivity contribution in [1.29, 1.82) is 0 Å². The maximum Gasteiger partial charge on any atom is 0.0847 e. The summed E-state index contributed by atoms with van der Waals surface area (Å²) < 4.78 is 7.09. The lowest BCUT2D eigenvalue weighted by molar-refractivity contribution is 0.196. The van der Waals surface area contributed by atoms with Crippen molar-refractivity contribution in [2.45, 2.75) is 40.7 Å². The van der Waals surface area contributed by atoms with Crippen LogP contribution in [0.25, 0.3) is 0 Å². The molecule has 1 heterocycles. The molecule has 0 bridgehead atoms. The van der Waals surface area contributed by atoms with Crippen molar-refractivity contribution in [2.75, 3.05) is 26.8 Å². The fourth-order valence-corrected chi connectivity index (χ4v) is 2.53. The molecule has 0 saturated heterocycles. The van der Waals surface area contributed by atoms with Crippen LogP contribution in [0.5, 0.6) is 0 Å². The van der Waals surface area contributed by atoms with Gasteiger partial charge in [-0.15, -0.1) is 0 Å². The lowest BCUT2D eigenvalue weighted by Gasteiger charge is -2.22. The van der Waals surface area contributed by atoms with Crippen LogP contribution in [0.15, 0.2) is 0 Å². The Labute approximate surface area is 127 Å². The highest BCUT2D eigenvalue weighted by Crippen LogP contribution is 2.25. The van der Waals surface area contributed by atoms with Crippen LogP contribution in [0.3, 0.4) is 0 Å². The van der Waals surface area contributed by atoms with Gasteiger partial charge in [-0.2, -0.15) is 5.10 Å². The average molecular weight is 302 g/mol. The second kappa shape index (κ2) is 8.65. The molecule has 1 atom stereocenters. The minimum absolute atomic E-state index is 0.547. The van der Waals surface area contributed by atoms with Gasteiger partial charge >= 0.3 is 0 Å². The highest BCUT2D eigenvalue weighted by Gasteiger charge is 2.20. The van der Waals surface area contributed by atoms with Crippen LogP contribution in [0.1, 0.15) is 32.2 Å². The van der Waals surface area contributed by atoms with E-state index in [0.29, 0.717) is 11.8 Å². The summed E-state index contributed by atoms with van der Waals surface area (Å²) >= 11 is 6.40. The van der Waals surface area contributed by atoms with E-state index in [9.17, 15) is 0 Å². The molecule has 0 saturated carbocycles. The van der Waals surface area contributed by atoms with E-state index in [4.69, 9.17) is 16.3 Å². The first kappa shape index (κ1) is 17.5. The molecule has 1 unspecified atom stereocenters. The molecule has 0 aromatic carbocycles. The quantitative estimate of drug-likeness (QED) is 0.713. The molecule has 1 aromatic rings. The van der Waals surface area contributed by atoms with Crippen LogP contribution >= 0.6 is 11.6 Å². The molecule has 5 heteroatoms. The molecule has 20 heavy (non-hydrogen) atoms. The van der Waals surface area contributed by atoms with Crippen molar-refractivity contribution in [2.24, 2.45) is 11.8 Å². The summed E-state index contributed by atoms with van der Waals surface area (Å²) in [5.41, 5.74) is 2.09. The van der Waals surface area contributed by atoms with Crippen LogP contribution in [0.2, 0.25) is 5.02 Å². The van der Waals surface area contributed by atoms with Gasteiger partial charge in [-0.05, 0) is 38.6 Å². The molecule has 0 radical (unpaired) electrons. The number of rotatable bonds is 9. The highest BCUT2D eigenvalue weighted by atomic mass is 35.5. The van der Waals surface area contributed by atoms with E-state index < -0.39 is 0 Å². The summed E-state index contributed by atoms with van der Waals surface area (Å²) in [5, 5.41) is 8.78. The topological polar surface area (TPSA) is 39.1 Å². The molecule has 0 spiro atoms. The van der Waals surface area contributed by atoms with E-state index >= 15 is 0 Å². The third kappa shape index (κ3) is 4.76. The third-order valence-electron chi connectivity index (χ3n) is 3.74. The van der Waals surface area contributed by atoms with E-state index in [1.165, 1.54) is 5.69 Å². The molecule has 1 N–H and O–H groups in total. The molecule has 0 amide bonds. The third-order valence-corrected chi connectivity index (χ3v) is 4.23. The van der Waals surface area contributed by atoms with Gasteiger partial charge in [-0.25, -0.2) is 0 Å². The van der Waals surface area contributed by atoms with E-state index in [2.05, 4.69) is 31.2 Å². The average Bonchev–Trinajstić information content (AvgIpc) is 2.69. The Balaban J connectivity index is 2.70. The van der Waals surface area contributed by atoms with Gasteiger partial charge in [0, 0.05) is 20.2 Å². The fraction of sp³-hybridized carbons (Fsp3) is 0.800. The number of nitrogens with one attached hydrogen (secondary N) is 1. The minimum Gasteiger partial charge on any atom is -0.383 e. The lowest BCUT2D eigenvalue weighted by atomic mass is 9.91. The molecule has 0 aliphatic rings. The monoisotopic (exact) mass is 301 g/mol. The van der Waals surface area contributed by atoms with Crippen molar-refractivity contribution in [1.82, 2.24) is 15.1 Å². The van der Waals surface area contributed by atoms with Gasteiger partial charge < -0.3 is 10.1 Å². The Morgan fingerprint density at radius 1 is 1.40 bits per heavy atom. The zero-order valence-corrected chi connectivity index (χ0v) is 14.1. The molecule has 1 rings (SSSR count). The van der Waals surface area contributed by atoms with Crippen LogP contribution < -0.4 is 5.32 Å². The molecule has 4 nitrogen and oxygen atoms in total. The normalized spacial score (nSPS) is 13.2. The van der Waals surface area contributed by atoms with Crippen LogP contribution in [0.4, 0.5) is 0 Å². The van der Waals surface area contributed by atoms with E-state index in [0.717, 1.165) is 43.4 Å². The van der Waals surface area contributed by atoms with Crippen LogP contribution in [-0.4, -0.2) is 36.6 Å². The minimum atomic E-state index is 0.547. The first-order valence-electron chi connectivity index (χ1n) is 7.42.